The third-order valence-electron chi connectivity index (χ3n) is 3.16. The molecule has 0 bridgehead atoms. The van der Waals surface area contributed by atoms with Gasteiger partial charge >= 0.3 is 6.03 Å². The zero-order valence-corrected chi connectivity index (χ0v) is 11.4. The van der Waals surface area contributed by atoms with Gasteiger partial charge in [-0.1, -0.05) is 12.1 Å². The summed E-state index contributed by atoms with van der Waals surface area (Å²) >= 11 is 0. The average molecular weight is 279 g/mol. The highest BCUT2D eigenvalue weighted by atomic mass is 16.2. The largest absolute Gasteiger partial charge is 0.333 e. The highest BCUT2D eigenvalue weighted by molar-refractivity contribution is 6.28. The smallest absolute Gasteiger partial charge is 0.302 e. The number of carbonyl (C=O) groups is 2. The van der Waals surface area contributed by atoms with E-state index in [1.54, 1.807) is 42.7 Å². The predicted molar refractivity (Wildman–Crippen MR) is 79.4 cm³/mol. The van der Waals surface area contributed by atoms with E-state index in [0.29, 0.717) is 5.69 Å². The standard InChI is InChI=1S/C16H13N3O2/c1-11-3-2-4-13(9-11)19-15(20)14(18-16(19)21)10-12-5-7-17-8-6-12/h2-10H,1H3,(H,18,21)/b14-10-. The first kappa shape index (κ1) is 13.1. The molecule has 0 aliphatic carbocycles. The molecule has 3 rings (SSSR count). The Bertz CT molecular complexity index is 738. The van der Waals surface area contributed by atoms with E-state index in [-0.39, 0.29) is 11.6 Å². The molecule has 0 spiro atoms. The van der Waals surface area contributed by atoms with E-state index in [2.05, 4.69) is 10.3 Å². The first-order chi connectivity index (χ1) is 10.1. The summed E-state index contributed by atoms with van der Waals surface area (Å²) in [5, 5.41) is 2.60. The summed E-state index contributed by atoms with van der Waals surface area (Å²) in [4.78, 5) is 29.5. The number of rotatable bonds is 2. The van der Waals surface area contributed by atoms with Gasteiger partial charge in [0, 0.05) is 12.4 Å². The summed E-state index contributed by atoms with van der Waals surface area (Å²) in [5.74, 6) is -0.359. The molecule has 104 valence electrons. The van der Waals surface area contributed by atoms with Crippen molar-refractivity contribution < 1.29 is 9.59 Å². The summed E-state index contributed by atoms with van der Waals surface area (Å²) < 4.78 is 0. The number of hydrogen-bond acceptors (Lipinski definition) is 3. The van der Waals surface area contributed by atoms with Crippen LogP contribution in [0.25, 0.3) is 6.08 Å². The predicted octanol–water partition coefficient (Wildman–Crippen LogP) is 2.49. The molecule has 1 aromatic heterocycles. The Hall–Kier alpha value is -2.95. The van der Waals surface area contributed by atoms with Crippen LogP contribution in [0.2, 0.25) is 0 Å². The van der Waals surface area contributed by atoms with Crippen LogP contribution in [-0.2, 0) is 4.79 Å². The lowest BCUT2D eigenvalue weighted by molar-refractivity contribution is -0.113. The lowest BCUT2D eigenvalue weighted by atomic mass is 10.2. The van der Waals surface area contributed by atoms with E-state index in [1.807, 2.05) is 19.1 Å². The maximum Gasteiger partial charge on any atom is 0.333 e. The van der Waals surface area contributed by atoms with Gasteiger partial charge in [-0.3, -0.25) is 9.78 Å². The second kappa shape index (κ2) is 5.20. The first-order valence-corrected chi connectivity index (χ1v) is 6.49. The lowest BCUT2D eigenvalue weighted by Gasteiger charge is -2.12. The number of nitrogens with zero attached hydrogens (tertiary/aromatic N) is 2. The van der Waals surface area contributed by atoms with Gasteiger partial charge in [0.15, 0.2) is 0 Å². The summed E-state index contributed by atoms with van der Waals surface area (Å²) in [5.41, 5.74) is 2.61. The fourth-order valence-electron chi connectivity index (χ4n) is 2.16. The number of anilines is 1. The summed E-state index contributed by atoms with van der Waals surface area (Å²) in [6, 6.07) is 10.4. The van der Waals surface area contributed by atoms with Crippen LogP contribution in [0.1, 0.15) is 11.1 Å². The van der Waals surface area contributed by atoms with Crippen LogP contribution >= 0.6 is 0 Å². The monoisotopic (exact) mass is 279 g/mol. The number of nitrogens with one attached hydrogen (secondary N) is 1. The third kappa shape index (κ3) is 2.53. The second-order valence-electron chi connectivity index (χ2n) is 4.75. The Kier molecular flexibility index (Phi) is 3.23. The topological polar surface area (TPSA) is 62.3 Å². The van der Waals surface area contributed by atoms with Crippen molar-refractivity contribution in [3.05, 3.63) is 65.6 Å². The Morgan fingerprint density at radius 2 is 1.90 bits per heavy atom. The number of amides is 3. The zero-order valence-electron chi connectivity index (χ0n) is 11.4. The molecule has 1 fully saturated rings. The third-order valence-corrected chi connectivity index (χ3v) is 3.16. The van der Waals surface area contributed by atoms with E-state index in [1.165, 1.54) is 0 Å². The van der Waals surface area contributed by atoms with Gasteiger partial charge in [0.25, 0.3) is 5.91 Å². The van der Waals surface area contributed by atoms with Gasteiger partial charge in [-0.2, -0.15) is 0 Å². The van der Waals surface area contributed by atoms with Crippen molar-refractivity contribution in [3.8, 4) is 0 Å². The Labute approximate surface area is 121 Å². The van der Waals surface area contributed by atoms with Crippen LogP contribution in [-0.4, -0.2) is 16.9 Å². The minimum Gasteiger partial charge on any atom is -0.302 e. The van der Waals surface area contributed by atoms with Gasteiger partial charge < -0.3 is 5.32 Å². The van der Waals surface area contributed by atoms with Crippen molar-refractivity contribution in [2.24, 2.45) is 0 Å². The van der Waals surface area contributed by atoms with E-state index >= 15 is 0 Å². The molecule has 0 atom stereocenters. The number of aryl methyl sites for hydroxylation is 1. The van der Waals surface area contributed by atoms with E-state index in [0.717, 1.165) is 16.0 Å². The molecule has 0 radical (unpaired) electrons. The molecule has 3 amide bonds. The van der Waals surface area contributed by atoms with Crippen molar-refractivity contribution >= 4 is 23.7 Å². The van der Waals surface area contributed by atoms with Crippen LogP contribution in [0.5, 0.6) is 0 Å². The molecule has 2 aromatic rings. The van der Waals surface area contributed by atoms with Gasteiger partial charge in [-0.15, -0.1) is 0 Å². The Balaban J connectivity index is 1.94. The number of benzene rings is 1. The first-order valence-electron chi connectivity index (χ1n) is 6.49. The molecule has 1 aliphatic heterocycles. The number of carbonyl (C=O) groups excluding carboxylic acids is 2. The fraction of sp³-hybridized carbons (Fsp3) is 0.0625. The Morgan fingerprint density at radius 1 is 1.14 bits per heavy atom. The highest BCUT2D eigenvalue weighted by Gasteiger charge is 2.34. The number of urea groups is 1. The van der Waals surface area contributed by atoms with Crippen molar-refractivity contribution in [2.75, 3.05) is 4.90 Å². The number of pyridine rings is 1. The molecule has 5 heteroatoms. The maximum atomic E-state index is 12.4. The minimum absolute atomic E-state index is 0.257. The number of aromatic nitrogens is 1. The molecule has 1 saturated heterocycles. The normalized spacial score (nSPS) is 16.4. The molecule has 5 nitrogen and oxygen atoms in total. The van der Waals surface area contributed by atoms with Crippen LogP contribution in [0, 0.1) is 6.92 Å². The minimum atomic E-state index is -0.439. The molecule has 2 heterocycles. The molecule has 1 aromatic carbocycles. The molecular weight excluding hydrogens is 266 g/mol. The molecular formula is C16H13N3O2. The molecule has 0 unspecified atom stereocenters. The average Bonchev–Trinajstić information content (AvgIpc) is 2.74. The van der Waals surface area contributed by atoms with E-state index in [4.69, 9.17) is 0 Å². The van der Waals surface area contributed by atoms with Gasteiger partial charge in [0.1, 0.15) is 5.70 Å². The molecule has 21 heavy (non-hydrogen) atoms. The van der Waals surface area contributed by atoms with Crippen molar-refractivity contribution in [1.82, 2.24) is 10.3 Å². The summed E-state index contributed by atoms with van der Waals surface area (Å²) in [7, 11) is 0. The lowest BCUT2D eigenvalue weighted by Crippen LogP contribution is -2.30. The van der Waals surface area contributed by atoms with Gasteiger partial charge in [-0.25, -0.2) is 9.69 Å². The van der Waals surface area contributed by atoms with Crippen LogP contribution < -0.4 is 10.2 Å². The van der Waals surface area contributed by atoms with E-state index in [9.17, 15) is 9.59 Å². The van der Waals surface area contributed by atoms with Crippen LogP contribution in [0.3, 0.4) is 0 Å². The van der Waals surface area contributed by atoms with Crippen molar-refractivity contribution in [3.63, 3.8) is 0 Å². The summed E-state index contributed by atoms with van der Waals surface area (Å²) in [6.07, 6.45) is 4.90. The SMILES string of the molecule is Cc1cccc(N2C(=O)N/C(=C\c3ccncc3)C2=O)c1. The van der Waals surface area contributed by atoms with Gasteiger partial charge in [0.2, 0.25) is 0 Å². The maximum absolute atomic E-state index is 12.4. The molecule has 0 saturated carbocycles. The zero-order chi connectivity index (χ0) is 14.8. The second-order valence-corrected chi connectivity index (χ2v) is 4.75. The van der Waals surface area contributed by atoms with Crippen LogP contribution in [0.4, 0.5) is 10.5 Å². The number of imide groups is 1. The van der Waals surface area contributed by atoms with Crippen molar-refractivity contribution in [2.45, 2.75) is 6.92 Å². The molecule has 1 aliphatic rings. The number of hydrogen-bond donors (Lipinski definition) is 1. The quantitative estimate of drug-likeness (QED) is 0.678. The summed E-state index contributed by atoms with van der Waals surface area (Å²) in [6.45, 7) is 1.91. The van der Waals surface area contributed by atoms with Gasteiger partial charge in [-0.05, 0) is 48.4 Å². The highest BCUT2D eigenvalue weighted by Crippen LogP contribution is 2.22. The fourth-order valence-corrected chi connectivity index (χ4v) is 2.16. The van der Waals surface area contributed by atoms with E-state index < -0.39 is 6.03 Å². The van der Waals surface area contributed by atoms with Crippen LogP contribution in [0.15, 0.2) is 54.5 Å². The Morgan fingerprint density at radius 3 is 2.62 bits per heavy atom. The van der Waals surface area contributed by atoms with Crippen molar-refractivity contribution in [1.29, 1.82) is 0 Å². The molecule has 1 N–H and O–H groups in total. The van der Waals surface area contributed by atoms with Gasteiger partial charge in [0.05, 0.1) is 5.69 Å².